The number of anilines is 1. The molecule has 0 unspecified atom stereocenters. The summed E-state index contributed by atoms with van der Waals surface area (Å²) < 4.78 is 44.5. The normalized spacial score (nSPS) is 16.8. The van der Waals surface area contributed by atoms with Gasteiger partial charge in [0.25, 0.3) is 0 Å². The Hall–Kier alpha value is -1.76. The van der Waals surface area contributed by atoms with Crippen molar-refractivity contribution < 1.29 is 17.9 Å². The molecule has 1 fully saturated rings. The van der Waals surface area contributed by atoms with Gasteiger partial charge in [-0.2, -0.15) is 13.2 Å². The molecule has 0 radical (unpaired) electrons. The molecular formula is C15H15F3N2OS. The maximum atomic E-state index is 13.0. The molecule has 7 heteroatoms. The number of halogens is 3. The molecule has 1 saturated heterocycles. The van der Waals surface area contributed by atoms with Gasteiger partial charge in [-0.05, 0) is 12.1 Å². The first-order chi connectivity index (χ1) is 10.5. The van der Waals surface area contributed by atoms with Gasteiger partial charge in [-0.25, -0.2) is 4.98 Å². The van der Waals surface area contributed by atoms with Crippen LogP contribution in [-0.4, -0.2) is 24.2 Å². The Labute approximate surface area is 130 Å². The Morgan fingerprint density at radius 3 is 2.55 bits per heavy atom. The first-order valence-electron chi connectivity index (χ1n) is 7.01. The molecule has 0 amide bonds. The van der Waals surface area contributed by atoms with E-state index in [0.717, 1.165) is 24.3 Å². The highest BCUT2D eigenvalue weighted by atomic mass is 32.1. The number of rotatable bonds is 3. The van der Waals surface area contributed by atoms with Crippen molar-refractivity contribution in [1.29, 1.82) is 0 Å². The fraction of sp³-hybridized carbons (Fsp3) is 0.400. The number of ether oxygens (including phenoxy) is 1. The van der Waals surface area contributed by atoms with Crippen molar-refractivity contribution in [2.45, 2.75) is 25.1 Å². The third-order valence-corrected chi connectivity index (χ3v) is 4.45. The van der Waals surface area contributed by atoms with Gasteiger partial charge in [-0.1, -0.05) is 12.1 Å². The molecule has 3 nitrogen and oxygen atoms in total. The van der Waals surface area contributed by atoms with Crippen LogP contribution in [0.1, 0.15) is 18.4 Å². The lowest BCUT2D eigenvalue weighted by Gasteiger charge is -2.32. The maximum Gasteiger partial charge on any atom is 0.419 e. The minimum absolute atomic E-state index is 0.0808. The van der Waals surface area contributed by atoms with Crippen LogP contribution in [0.3, 0.4) is 0 Å². The lowest BCUT2D eigenvalue weighted by Crippen LogP contribution is -2.38. The standard InChI is InChI=1S/C15H15F3N2OS/c16-15(17,18)12-3-1-2-4-13(12)21-11-5-8-20(9-6-11)14-19-7-10-22-14/h1-4,7,10-11H,5-6,8-9H2. The number of thiazole rings is 1. The minimum Gasteiger partial charge on any atom is -0.490 e. The van der Waals surface area contributed by atoms with E-state index in [1.165, 1.54) is 12.1 Å². The molecule has 0 bridgehead atoms. The molecule has 0 saturated carbocycles. The molecule has 2 heterocycles. The summed E-state index contributed by atoms with van der Waals surface area (Å²) in [7, 11) is 0. The number of piperidine rings is 1. The van der Waals surface area contributed by atoms with E-state index in [0.29, 0.717) is 12.8 Å². The smallest absolute Gasteiger partial charge is 0.419 e. The monoisotopic (exact) mass is 328 g/mol. The summed E-state index contributed by atoms with van der Waals surface area (Å²) in [4.78, 5) is 6.39. The highest BCUT2D eigenvalue weighted by Gasteiger charge is 2.35. The zero-order valence-corrected chi connectivity index (χ0v) is 12.5. The topological polar surface area (TPSA) is 25.4 Å². The van der Waals surface area contributed by atoms with Gasteiger partial charge in [-0.15, -0.1) is 11.3 Å². The molecule has 1 aliphatic rings. The van der Waals surface area contributed by atoms with Gasteiger partial charge in [-0.3, -0.25) is 0 Å². The second-order valence-corrected chi connectivity index (χ2v) is 5.99. The van der Waals surface area contributed by atoms with E-state index in [1.807, 2.05) is 5.38 Å². The van der Waals surface area contributed by atoms with Crippen molar-refractivity contribution in [1.82, 2.24) is 4.98 Å². The van der Waals surface area contributed by atoms with E-state index in [4.69, 9.17) is 4.74 Å². The van der Waals surface area contributed by atoms with E-state index in [9.17, 15) is 13.2 Å². The molecule has 1 aliphatic heterocycles. The Bertz CT molecular complexity index is 608. The molecule has 1 aromatic carbocycles. The van der Waals surface area contributed by atoms with Crippen molar-refractivity contribution >= 4 is 16.5 Å². The maximum absolute atomic E-state index is 13.0. The number of aromatic nitrogens is 1. The summed E-state index contributed by atoms with van der Waals surface area (Å²) >= 11 is 1.57. The van der Waals surface area contributed by atoms with Gasteiger partial charge in [0, 0.05) is 37.5 Å². The predicted octanol–water partition coefficient (Wildman–Crippen LogP) is 4.21. The predicted molar refractivity (Wildman–Crippen MR) is 79.4 cm³/mol. The fourth-order valence-electron chi connectivity index (χ4n) is 2.52. The Balaban J connectivity index is 1.64. The van der Waals surface area contributed by atoms with Crippen LogP contribution >= 0.6 is 11.3 Å². The van der Waals surface area contributed by atoms with Gasteiger partial charge < -0.3 is 9.64 Å². The number of hydrogen-bond acceptors (Lipinski definition) is 4. The third-order valence-electron chi connectivity index (χ3n) is 3.62. The quantitative estimate of drug-likeness (QED) is 0.844. The summed E-state index contributed by atoms with van der Waals surface area (Å²) in [6.45, 7) is 1.48. The van der Waals surface area contributed by atoms with Gasteiger partial charge in [0.15, 0.2) is 5.13 Å². The van der Waals surface area contributed by atoms with Crippen LogP contribution in [0, 0.1) is 0 Å². The molecule has 0 atom stereocenters. The number of alkyl halides is 3. The lowest BCUT2D eigenvalue weighted by atomic mass is 10.1. The van der Waals surface area contributed by atoms with Gasteiger partial charge in [0.05, 0.1) is 5.56 Å². The Morgan fingerprint density at radius 1 is 1.18 bits per heavy atom. The molecule has 0 spiro atoms. The minimum atomic E-state index is -4.39. The zero-order valence-electron chi connectivity index (χ0n) is 11.7. The first kappa shape index (κ1) is 15.1. The molecule has 118 valence electrons. The van der Waals surface area contributed by atoms with Crippen molar-refractivity contribution in [3.05, 3.63) is 41.4 Å². The average Bonchev–Trinajstić information content (AvgIpc) is 3.02. The van der Waals surface area contributed by atoms with Crippen LogP contribution < -0.4 is 9.64 Å². The van der Waals surface area contributed by atoms with Crippen molar-refractivity contribution in [2.75, 3.05) is 18.0 Å². The summed E-state index contributed by atoms with van der Waals surface area (Å²) in [5.74, 6) is -0.0808. The van der Waals surface area contributed by atoms with Crippen molar-refractivity contribution in [3.63, 3.8) is 0 Å². The van der Waals surface area contributed by atoms with Crippen LogP contribution in [0.4, 0.5) is 18.3 Å². The second kappa shape index (κ2) is 6.16. The van der Waals surface area contributed by atoms with E-state index < -0.39 is 11.7 Å². The molecule has 22 heavy (non-hydrogen) atoms. The largest absolute Gasteiger partial charge is 0.490 e. The highest BCUT2D eigenvalue weighted by molar-refractivity contribution is 7.13. The van der Waals surface area contributed by atoms with E-state index >= 15 is 0 Å². The van der Waals surface area contributed by atoms with Crippen LogP contribution in [0.2, 0.25) is 0 Å². The molecular weight excluding hydrogens is 313 g/mol. The van der Waals surface area contributed by atoms with Crippen LogP contribution in [-0.2, 0) is 6.18 Å². The molecule has 1 aromatic heterocycles. The number of nitrogens with zero attached hydrogens (tertiary/aromatic N) is 2. The van der Waals surface area contributed by atoms with Crippen LogP contribution in [0.5, 0.6) is 5.75 Å². The second-order valence-electron chi connectivity index (χ2n) is 5.11. The summed E-state index contributed by atoms with van der Waals surface area (Å²) in [5, 5.41) is 2.87. The van der Waals surface area contributed by atoms with Gasteiger partial charge >= 0.3 is 6.18 Å². The SMILES string of the molecule is FC(F)(F)c1ccccc1OC1CCN(c2nccs2)CC1. The van der Waals surface area contributed by atoms with Crippen molar-refractivity contribution in [3.8, 4) is 5.75 Å². The van der Waals surface area contributed by atoms with Gasteiger partial charge in [0.1, 0.15) is 11.9 Å². The Kier molecular flexibility index (Phi) is 4.24. The van der Waals surface area contributed by atoms with E-state index in [-0.39, 0.29) is 11.9 Å². The van der Waals surface area contributed by atoms with Crippen molar-refractivity contribution in [2.24, 2.45) is 0 Å². The molecule has 0 aliphatic carbocycles. The number of para-hydroxylation sites is 1. The van der Waals surface area contributed by atoms with Crippen LogP contribution in [0.15, 0.2) is 35.8 Å². The molecule has 0 N–H and O–H groups in total. The number of hydrogen-bond donors (Lipinski definition) is 0. The molecule has 3 rings (SSSR count). The summed E-state index contributed by atoms with van der Waals surface area (Å²) in [5.41, 5.74) is -0.711. The zero-order chi connectivity index (χ0) is 15.6. The summed E-state index contributed by atoms with van der Waals surface area (Å²) in [6.07, 6.45) is -1.46. The van der Waals surface area contributed by atoms with E-state index in [2.05, 4.69) is 9.88 Å². The van der Waals surface area contributed by atoms with Gasteiger partial charge in [0.2, 0.25) is 0 Å². The fourth-order valence-corrected chi connectivity index (χ4v) is 3.22. The van der Waals surface area contributed by atoms with E-state index in [1.54, 1.807) is 23.6 Å². The highest BCUT2D eigenvalue weighted by Crippen LogP contribution is 2.37. The lowest BCUT2D eigenvalue weighted by molar-refractivity contribution is -0.139. The third kappa shape index (κ3) is 3.35. The van der Waals surface area contributed by atoms with Crippen LogP contribution in [0.25, 0.3) is 0 Å². The molecule has 2 aromatic rings. The number of benzene rings is 1. The Morgan fingerprint density at radius 2 is 1.91 bits per heavy atom. The summed E-state index contributed by atoms with van der Waals surface area (Å²) in [6, 6.07) is 5.38. The average molecular weight is 328 g/mol. The first-order valence-corrected chi connectivity index (χ1v) is 7.89.